The van der Waals surface area contributed by atoms with Crippen molar-refractivity contribution < 1.29 is 4.74 Å². The largest absolute Gasteiger partial charge is 0.380 e. The molecule has 0 radical (unpaired) electrons. The van der Waals surface area contributed by atoms with Gasteiger partial charge in [0.2, 0.25) is 0 Å². The van der Waals surface area contributed by atoms with Crippen molar-refractivity contribution in [3.05, 3.63) is 0 Å². The minimum Gasteiger partial charge on any atom is -0.380 e. The van der Waals surface area contributed by atoms with Crippen LogP contribution in [-0.2, 0) is 4.74 Å². The lowest BCUT2D eigenvalue weighted by atomic mass is 10.2. The van der Waals surface area contributed by atoms with Gasteiger partial charge < -0.3 is 10.1 Å². The van der Waals surface area contributed by atoms with Gasteiger partial charge in [-0.15, -0.1) is 0 Å². The van der Waals surface area contributed by atoms with Crippen LogP contribution in [0.3, 0.4) is 0 Å². The zero-order valence-corrected chi connectivity index (χ0v) is 10.3. The van der Waals surface area contributed by atoms with E-state index < -0.39 is 0 Å². The number of hydrogen-bond acceptors (Lipinski definition) is 3. The Kier molecular flexibility index (Phi) is 6.98. The second kappa shape index (κ2) is 8.08. The van der Waals surface area contributed by atoms with Crippen LogP contribution in [-0.4, -0.2) is 50.8 Å². The monoisotopic (exact) mass is 214 g/mol. The lowest BCUT2D eigenvalue weighted by molar-refractivity contribution is 0.108. The first-order valence-corrected chi connectivity index (χ1v) is 6.32. The molecule has 0 aromatic carbocycles. The van der Waals surface area contributed by atoms with Crippen LogP contribution in [0, 0.1) is 0 Å². The normalized spacial score (nSPS) is 22.4. The zero-order chi connectivity index (χ0) is 10.9. The smallest absolute Gasteiger partial charge is 0.0710 e. The maximum Gasteiger partial charge on any atom is 0.0710 e. The molecule has 1 atom stereocenters. The fraction of sp³-hybridized carbons (Fsp3) is 1.00. The van der Waals surface area contributed by atoms with E-state index in [9.17, 15) is 0 Å². The van der Waals surface area contributed by atoms with Crippen LogP contribution in [0.1, 0.15) is 32.6 Å². The molecule has 1 unspecified atom stereocenters. The molecule has 0 spiro atoms. The Bertz CT molecular complexity index is 153. The van der Waals surface area contributed by atoms with Gasteiger partial charge in [0.05, 0.1) is 6.10 Å². The average molecular weight is 214 g/mol. The van der Waals surface area contributed by atoms with Crippen molar-refractivity contribution in [2.24, 2.45) is 0 Å². The third-order valence-electron chi connectivity index (χ3n) is 3.12. The van der Waals surface area contributed by atoms with E-state index in [4.69, 9.17) is 4.74 Å². The fourth-order valence-electron chi connectivity index (χ4n) is 2.05. The molecular formula is C12H26N2O. The first kappa shape index (κ1) is 12.9. The molecule has 1 heterocycles. The molecule has 1 rings (SSSR count). The van der Waals surface area contributed by atoms with Crippen molar-refractivity contribution in [2.75, 3.05) is 39.8 Å². The maximum atomic E-state index is 5.34. The highest BCUT2D eigenvalue weighted by Gasteiger charge is 2.20. The van der Waals surface area contributed by atoms with E-state index in [2.05, 4.69) is 17.1 Å². The molecule has 1 fully saturated rings. The summed E-state index contributed by atoms with van der Waals surface area (Å²) >= 11 is 0. The molecule has 1 aliphatic heterocycles. The van der Waals surface area contributed by atoms with Gasteiger partial charge >= 0.3 is 0 Å². The summed E-state index contributed by atoms with van der Waals surface area (Å²) in [6.07, 6.45) is 5.65. The molecule has 15 heavy (non-hydrogen) atoms. The number of hydrogen-bond donors (Lipinski definition) is 1. The first-order valence-electron chi connectivity index (χ1n) is 6.32. The van der Waals surface area contributed by atoms with Gasteiger partial charge in [-0.3, -0.25) is 4.90 Å². The van der Waals surface area contributed by atoms with E-state index in [1.54, 1.807) is 0 Å². The molecular weight excluding hydrogens is 188 g/mol. The standard InChI is InChI=1S/C12H26N2O/c1-3-4-5-7-13-8-10-14-9-6-12(11-14)15-2/h12-13H,3-11H2,1-2H3. The Morgan fingerprint density at radius 2 is 2.20 bits per heavy atom. The maximum absolute atomic E-state index is 5.34. The highest BCUT2D eigenvalue weighted by molar-refractivity contribution is 4.75. The predicted molar refractivity (Wildman–Crippen MR) is 64.2 cm³/mol. The highest BCUT2D eigenvalue weighted by atomic mass is 16.5. The highest BCUT2D eigenvalue weighted by Crippen LogP contribution is 2.10. The quantitative estimate of drug-likeness (QED) is 0.620. The second-order valence-electron chi connectivity index (χ2n) is 4.40. The van der Waals surface area contributed by atoms with Gasteiger partial charge in [0.15, 0.2) is 0 Å². The molecule has 0 saturated carbocycles. The molecule has 90 valence electrons. The van der Waals surface area contributed by atoms with E-state index in [1.807, 2.05) is 7.11 Å². The Hall–Kier alpha value is -0.120. The van der Waals surface area contributed by atoms with Crippen LogP contribution in [0.5, 0.6) is 0 Å². The number of nitrogens with one attached hydrogen (secondary N) is 1. The zero-order valence-electron chi connectivity index (χ0n) is 10.3. The predicted octanol–water partition coefficient (Wildman–Crippen LogP) is 1.49. The van der Waals surface area contributed by atoms with Gasteiger partial charge in [0.1, 0.15) is 0 Å². The van der Waals surface area contributed by atoms with Crippen molar-refractivity contribution >= 4 is 0 Å². The summed E-state index contributed by atoms with van der Waals surface area (Å²) in [6.45, 7) is 8.04. The topological polar surface area (TPSA) is 24.5 Å². The number of nitrogens with zero attached hydrogens (tertiary/aromatic N) is 1. The molecule has 0 aromatic rings. The summed E-state index contributed by atoms with van der Waals surface area (Å²) in [7, 11) is 1.82. The van der Waals surface area contributed by atoms with E-state index >= 15 is 0 Å². The Balaban J connectivity index is 1.88. The minimum atomic E-state index is 0.477. The van der Waals surface area contributed by atoms with Gasteiger partial charge in [0, 0.05) is 33.3 Å². The van der Waals surface area contributed by atoms with Crippen LogP contribution in [0.15, 0.2) is 0 Å². The number of unbranched alkanes of at least 4 members (excludes halogenated alkanes) is 2. The number of rotatable bonds is 8. The third-order valence-corrected chi connectivity index (χ3v) is 3.12. The third kappa shape index (κ3) is 5.50. The molecule has 1 aliphatic rings. The van der Waals surface area contributed by atoms with E-state index in [-0.39, 0.29) is 0 Å². The van der Waals surface area contributed by atoms with E-state index in [1.165, 1.54) is 45.3 Å². The van der Waals surface area contributed by atoms with Gasteiger partial charge in [0.25, 0.3) is 0 Å². The van der Waals surface area contributed by atoms with Gasteiger partial charge in [-0.2, -0.15) is 0 Å². The number of likely N-dealkylation sites (tertiary alicyclic amines) is 1. The van der Waals surface area contributed by atoms with Crippen molar-refractivity contribution in [3.63, 3.8) is 0 Å². The number of ether oxygens (including phenoxy) is 1. The lowest BCUT2D eigenvalue weighted by Gasteiger charge is -2.15. The molecule has 0 amide bonds. The fourth-order valence-corrected chi connectivity index (χ4v) is 2.05. The molecule has 1 saturated heterocycles. The summed E-state index contributed by atoms with van der Waals surface area (Å²) in [6, 6.07) is 0. The Morgan fingerprint density at radius 1 is 1.33 bits per heavy atom. The summed E-state index contributed by atoms with van der Waals surface area (Å²) in [5, 5.41) is 3.50. The molecule has 0 bridgehead atoms. The first-order chi connectivity index (χ1) is 7.36. The number of methoxy groups -OCH3 is 1. The SMILES string of the molecule is CCCCCNCCN1CCC(OC)C1. The molecule has 3 nitrogen and oxygen atoms in total. The van der Waals surface area contributed by atoms with Gasteiger partial charge in [-0.1, -0.05) is 19.8 Å². The molecule has 1 N–H and O–H groups in total. The van der Waals surface area contributed by atoms with Crippen LogP contribution in [0.4, 0.5) is 0 Å². The van der Waals surface area contributed by atoms with Crippen LogP contribution >= 0.6 is 0 Å². The van der Waals surface area contributed by atoms with Crippen molar-refractivity contribution in [1.29, 1.82) is 0 Å². The molecule has 0 aliphatic carbocycles. The van der Waals surface area contributed by atoms with Crippen molar-refractivity contribution in [3.8, 4) is 0 Å². The summed E-state index contributed by atoms with van der Waals surface area (Å²) in [4.78, 5) is 2.49. The average Bonchev–Trinajstić information content (AvgIpc) is 2.71. The van der Waals surface area contributed by atoms with Crippen LogP contribution < -0.4 is 5.32 Å². The van der Waals surface area contributed by atoms with Crippen LogP contribution in [0.25, 0.3) is 0 Å². The van der Waals surface area contributed by atoms with Gasteiger partial charge in [-0.05, 0) is 19.4 Å². The minimum absolute atomic E-state index is 0.477. The van der Waals surface area contributed by atoms with Crippen molar-refractivity contribution in [1.82, 2.24) is 10.2 Å². The molecule has 3 heteroatoms. The van der Waals surface area contributed by atoms with E-state index in [0.29, 0.717) is 6.10 Å². The van der Waals surface area contributed by atoms with Gasteiger partial charge in [-0.25, -0.2) is 0 Å². The summed E-state index contributed by atoms with van der Waals surface area (Å²) < 4.78 is 5.34. The summed E-state index contributed by atoms with van der Waals surface area (Å²) in [5.74, 6) is 0. The van der Waals surface area contributed by atoms with Crippen molar-refractivity contribution in [2.45, 2.75) is 38.7 Å². The van der Waals surface area contributed by atoms with Crippen LogP contribution in [0.2, 0.25) is 0 Å². The lowest BCUT2D eigenvalue weighted by Crippen LogP contribution is -2.31. The second-order valence-corrected chi connectivity index (χ2v) is 4.40. The Morgan fingerprint density at radius 3 is 2.87 bits per heavy atom. The Labute approximate surface area is 94.2 Å². The molecule has 0 aromatic heterocycles. The summed E-state index contributed by atoms with van der Waals surface area (Å²) in [5.41, 5.74) is 0. The van der Waals surface area contributed by atoms with E-state index in [0.717, 1.165) is 13.1 Å².